The van der Waals surface area contributed by atoms with E-state index in [9.17, 15) is 0 Å². The third-order valence-corrected chi connectivity index (χ3v) is 3.79. The number of anilines is 1. The Morgan fingerprint density at radius 1 is 1.00 bits per heavy atom. The molecule has 0 radical (unpaired) electrons. The van der Waals surface area contributed by atoms with E-state index < -0.39 is 0 Å². The summed E-state index contributed by atoms with van der Waals surface area (Å²) in [6.45, 7) is 6.51. The number of nitrogens with zero attached hydrogens (tertiary/aromatic N) is 1. The standard InChI is InChI=1S/C21H29N3O3/c1-5-22-21(23-14-16-8-7-9-17(12-16)15-25-3)24-18-10-11-19(27-6-2)20(13-18)26-4/h7-13H,5-6,14-15H2,1-4H3,(H2,22,23,24). The van der Waals surface area contributed by atoms with Gasteiger partial charge in [-0.15, -0.1) is 0 Å². The Labute approximate surface area is 161 Å². The van der Waals surface area contributed by atoms with Gasteiger partial charge in [-0.3, -0.25) is 0 Å². The first-order valence-corrected chi connectivity index (χ1v) is 9.13. The number of guanidine groups is 1. The van der Waals surface area contributed by atoms with Gasteiger partial charge in [-0.1, -0.05) is 24.3 Å². The SMILES string of the molecule is CCNC(=NCc1cccc(COC)c1)Nc1ccc(OCC)c(OC)c1. The lowest BCUT2D eigenvalue weighted by molar-refractivity contribution is 0.185. The van der Waals surface area contributed by atoms with Crippen LogP contribution in [0.5, 0.6) is 11.5 Å². The first-order valence-electron chi connectivity index (χ1n) is 9.13. The van der Waals surface area contributed by atoms with Gasteiger partial charge in [0.15, 0.2) is 17.5 Å². The smallest absolute Gasteiger partial charge is 0.196 e. The highest BCUT2D eigenvalue weighted by atomic mass is 16.5. The molecule has 146 valence electrons. The second-order valence-corrected chi connectivity index (χ2v) is 5.87. The van der Waals surface area contributed by atoms with Crippen LogP contribution in [0.2, 0.25) is 0 Å². The number of aliphatic imine (C=N–C) groups is 1. The molecule has 0 spiro atoms. The molecule has 27 heavy (non-hydrogen) atoms. The first-order chi connectivity index (χ1) is 13.2. The van der Waals surface area contributed by atoms with E-state index in [4.69, 9.17) is 14.2 Å². The van der Waals surface area contributed by atoms with E-state index in [2.05, 4.69) is 27.8 Å². The Bertz CT molecular complexity index is 747. The van der Waals surface area contributed by atoms with Gasteiger partial charge in [0.1, 0.15) is 0 Å². The van der Waals surface area contributed by atoms with Crippen LogP contribution in [0.15, 0.2) is 47.5 Å². The van der Waals surface area contributed by atoms with Crippen molar-refractivity contribution in [3.05, 3.63) is 53.6 Å². The summed E-state index contributed by atoms with van der Waals surface area (Å²) >= 11 is 0. The van der Waals surface area contributed by atoms with Gasteiger partial charge in [-0.05, 0) is 37.1 Å². The van der Waals surface area contributed by atoms with Crippen molar-refractivity contribution in [2.24, 2.45) is 4.99 Å². The van der Waals surface area contributed by atoms with Crippen molar-refractivity contribution in [3.63, 3.8) is 0 Å². The lowest BCUT2D eigenvalue weighted by Gasteiger charge is -2.14. The summed E-state index contributed by atoms with van der Waals surface area (Å²) in [5.74, 6) is 2.12. The van der Waals surface area contributed by atoms with Crippen LogP contribution in [0, 0.1) is 0 Å². The van der Waals surface area contributed by atoms with Crippen molar-refractivity contribution in [2.45, 2.75) is 27.0 Å². The van der Waals surface area contributed by atoms with Crippen LogP contribution in [-0.4, -0.2) is 33.3 Å². The van der Waals surface area contributed by atoms with E-state index in [1.807, 2.05) is 44.2 Å². The molecule has 0 unspecified atom stereocenters. The molecule has 2 N–H and O–H groups in total. The third-order valence-electron chi connectivity index (χ3n) is 3.79. The molecule has 0 saturated heterocycles. The van der Waals surface area contributed by atoms with Gasteiger partial charge in [0.25, 0.3) is 0 Å². The van der Waals surface area contributed by atoms with Crippen molar-refractivity contribution < 1.29 is 14.2 Å². The fourth-order valence-corrected chi connectivity index (χ4v) is 2.62. The molecule has 0 aliphatic carbocycles. The number of rotatable bonds is 9. The molecule has 0 fully saturated rings. The molecule has 0 bridgehead atoms. The summed E-state index contributed by atoms with van der Waals surface area (Å²) < 4.78 is 16.2. The van der Waals surface area contributed by atoms with Crippen LogP contribution >= 0.6 is 0 Å². The lowest BCUT2D eigenvalue weighted by Crippen LogP contribution is -2.30. The lowest BCUT2D eigenvalue weighted by atomic mass is 10.1. The fourth-order valence-electron chi connectivity index (χ4n) is 2.62. The zero-order valence-electron chi connectivity index (χ0n) is 16.5. The molecule has 2 rings (SSSR count). The van der Waals surface area contributed by atoms with Crippen LogP contribution in [0.3, 0.4) is 0 Å². The molecule has 0 amide bonds. The van der Waals surface area contributed by atoms with Gasteiger partial charge in [0.05, 0.1) is 26.9 Å². The van der Waals surface area contributed by atoms with E-state index in [1.165, 1.54) is 0 Å². The monoisotopic (exact) mass is 371 g/mol. The summed E-state index contributed by atoms with van der Waals surface area (Å²) in [4.78, 5) is 4.68. The highest BCUT2D eigenvalue weighted by molar-refractivity contribution is 5.93. The zero-order valence-corrected chi connectivity index (χ0v) is 16.5. The van der Waals surface area contributed by atoms with Gasteiger partial charge in [-0.2, -0.15) is 0 Å². The largest absolute Gasteiger partial charge is 0.493 e. The van der Waals surface area contributed by atoms with Crippen LogP contribution < -0.4 is 20.1 Å². The van der Waals surface area contributed by atoms with Gasteiger partial charge in [0.2, 0.25) is 0 Å². The summed E-state index contributed by atoms with van der Waals surface area (Å²) in [5.41, 5.74) is 3.15. The van der Waals surface area contributed by atoms with Crippen molar-refractivity contribution >= 4 is 11.6 Å². The van der Waals surface area contributed by atoms with Crippen LogP contribution in [0.25, 0.3) is 0 Å². The maximum absolute atomic E-state index is 5.56. The molecule has 0 aliphatic rings. The summed E-state index contributed by atoms with van der Waals surface area (Å²) in [6.07, 6.45) is 0. The number of hydrogen-bond donors (Lipinski definition) is 2. The van der Waals surface area contributed by atoms with Gasteiger partial charge in [0, 0.05) is 25.4 Å². The number of methoxy groups -OCH3 is 2. The second kappa shape index (κ2) is 11.1. The molecule has 0 aromatic heterocycles. The average molecular weight is 371 g/mol. The maximum Gasteiger partial charge on any atom is 0.196 e. The molecule has 0 atom stereocenters. The minimum absolute atomic E-state index is 0.570. The quantitative estimate of drug-likeness (QED) is 0.518. The van der Waals surface area contributed by atoms with Crippen molar-refractivity contribution in [1.29, 1.82) is 0 Å². The number of benzene rings is 2. The van der Waals surface area contributed by atoms with Crippen molar-refractivity contribution in [3.8, 4) is 11.5 Å². The van der Waals surface area contributed by atoms with Crippen molar-refractivity contribution in [2.75, 3.05) is 32.7 Å². The van der Waals surface area contributed by atoms with Crippen LogP contribution in [0.1, 0.15) is 25.0 Å². The van der Waals surface area contributed by atoms with E-state index >= 15 is 0 Å². The van der Waals surface area contributed by atoms with Gasteiger partial charge >= 0.3 is 0 Å². The molecule has 0 heterocycles. The van der Waals surface area contributed by atoms with Crippen LogP contribution in [0.4, 0.5) is 5.69 Å². The molecule has 0 saturated carbocycles. The molecule has 6 heteroatoms. The minimum Gasteiger partial charge on any atom is -0.493 e. The topological polar surface area (TPSA) is 64.1 Å². The van der Waals surface area contributed by atoms with E-state index in [0.717, 1.165) is 29.1 Å². The number of ether oxygens (including phenoxy) is 3. The molecule has 2 aromatic rings. The predicted molar refractivity (Wildman–Crippen MR) is 110 cm³/mol. The maximum atomic E-state index is 5.56. The highest BCUT2D eigenvalue weighted by Crippen LogP contribution is 2.30. The van der Waals surface area contributed by atoms with E-state index in [1.54, 1.807) is 14.2 Å². The van der Waals surface area contributed by atoms with Gasteiger partial charge in [-0.25, -0.2) is 4.99 Å². The van der Waals surface area contributed by atoms with Crippen molar-refractivity contribution in [1.82, 2.24) is 5.32 Å². The second-order valence-electron chi connectivity index (χ2n) is 5.87. The Kier molecular flexibility index (Phi) is 8.45. The average Bonchev–Trinajstić information content (AvgIpc) is 2.68. The van der Waals surface area contributed by atoms with Gasteiger partial charge < -0.3 is 24.8 Å². The molecule has 0 aliphatic heterocycles. The Morgan fingerprint density at radius 3 is 2.52 bits per heavy atom. The Hall–Kier alpha value is -2.73. The fraction of sp³-hybridized carbons (Fsp3) is 0.381. The Balaban J connectivity index is 2.12. The van der Waals surface area contributed by atoms with E-state index in [-0.39, 0.29) is 0 Å². The van der Waals surface area contributed by atoms with E-state index in [0.29, 0.717) is 31.5 Å². The summed E-state index contributed by atoms with van der Waals surface area (Å²) in [6, 6.07) is 14.0. The molecule has 2 aromatic carbocycles. The third kappa shape index (κ3) is 6.49. The molecular weight excluding hydrogens is 342 g/mol. The summed E-state index contributed by atoms with van der Waals surface area (Å²) in [7, 11) is 3.33. The number of nitrogens with one attached hydrogen (secondary N) is 2. The normalized spacial score (nSPS) is 11.2. The summed E-state index contributed by atoms with van der Waals surface area (Å²) in [5, 5.41) is 6.57. The van der Waals surface area contributed by atoms with Crippen LogP contribution in [-0.2, 0) is 17.9 Å². The highest BCUT2D eigenvalue weighted by Gasteiger charge is 2.07. The minimum atomic E-state index is 0.570. The predicted octanol–water partition coefficient (Wildman–Crippen LogP) is 3.82. The number of hydrogen-bond acceptors (Lipinski definition) is 4. The molecular formula is C21H29N3O3. The molecule has 6 nitrogen and oxygen atoms in total. The first kappa shape index (κ1) is 20.6. The zero-order chi connectivity index (χ0) is 19.5. The Morgan fingerprint density at radius 2 is 1.81 bits per heavy atom.